The summed E-state index contributed by atoms with van der Waals surface area (Å²) >= 11 is 0. The van der Waals surface area contributed by atoms with Crippen LogP contribution >= 0.6 is 0 Å². The molecule has 0 atom stereocenters. The number of amides is 1. The lowest BCUT2D eigenvalue weighted by Gasteiger charge is -2.20. The highest BCUT2D eigenvalue weighted by Gasteiger charge is 2.13. The Kier molecular flexibility index (Phi) is 5.16. The number of carbonyl (C=O) groups is 1. The number of fused-ring (bicyclic) bond motifs is 1. The average molecular weight is 351 g/mol. The lowest BCUT2D eigenvalue weighted by atomic mass is 10.2. The summed E-state index contributed by atoms with van der Waals surface area (Å²) in [6.45, 7) is 3.43. The molecular formula is C21H25N3O2. The molecule has 1 aromatic carbocycles. The van der Waals surface area contributed by atoms with Crippen molar-refractivity contribution in [1.82, 2.24) is 9.30 Å². The molecule has 0 N–H and O–H groups in total. The molecule has 0 radical (unpaired) electrons. The molecule has 5 heteroatoms. The summed E-state index contributed by atoms with van der Waals surface area (Å²) < 4.78 is 7.28. The van der Waals surface area contributed by atoms with Crippen molar-refractivity contribution in [2.45, 2.75) is 13.5 Å². The molecular weight excluding hydrogens is 326 g/mol. The Morgan fingerprint density at radius 1 is 1.04 bits per heavy atom. The van der Waals surface area contributed by atoms with Crippen molar-refractivity contribution < 1.29 is 9.53 Å². The van der Waals surface area contributed by atoms with E-state index in [1.54, 1.807) is 12.0 Å². The van der Waals surface area contributed by atoms with Crippen molar-refractivity contribution in [2.75, 3.05) is 32.6 Å². The third-order valence-corrected chi connectivity index (χ3v) is 4.67. The fourth-order valence-corrected chi connectivity index (χ4v) is 2.97. The molecule has 0 bridgehead atoms. The van der Waals surface area contributed by atoms with Crippen molar-refractivity contribution in [3.05, 3.63) is 65.9 Å². The number of carbonyl (C=O) groups excluding carboxylic acids is 1. The zero-order valence-electron chi connectivity index (χ0n) is 15.8. The van der Waals surface area contributed by atoms with Gasteiger partial charge in [-0.25, -0.2) is 0 Å². The summed E-state index contributed by atoms with van der Waals surface area (Å²) in [6, 6.07) is 16.1. The van der Waals surface area contributed by atoms with Gasteiger partial charge in [-0.15, -0.1) is 0 Å². The molecule has 0 fully saturated rings. The van der Waals surface area contributed by atoms with E-state index in [9.17, 15) is 4.79 Å². The number of nitrogens with zero attached hydrogens (tertiary/aromatic N) is 3. The first kappa shape index (κ1) is 17.9. The summed E-state index contributed by atoms with van der Waals surface area (Å²) in [5.74, 6) is 1.93. The van der Waals surface area contributed by atoms with E-state index in [-0.39, 0.29) is 5.91 Å². The summed E-state index contributed by atoms with van der Waals surface area (Å²) in [4.78, 5) is 16.3. The smallest absolute Gasteiger partial charge is 0.255 e. The zero-order chi connectivity index (χ0) is 18.7. The quantitative estimate of drug-likeness (QED) is 0.680. The Labute approximate surface area is 154 Å². The zero-order valence-corrected chi connectivity index (χ0v) is 15.8. The fraction of sp³-hybridized carbons (Fsp3) is 0.286. The van der Waals surface area contributed by atoms with Gasteiger partial charge in [0, 0.05) is 38.9 Å². The van der Waals surface area contributed by atoms with Gasteiger partial charge >= 0.3 is 0 Å². The van der Waals surface area contributed by atoms with Gasteiger partial charge in [0.25, 0.3) is 5.91 Å². The minimum atomic E-state index is 0.0341. The highest BCUT2D eigenvalue weighted by Crippen LogP contribution is 2.22. The average Bonchev–Trinajstić information content (AvgIpc) is 3.10. The van der Waals surface area contributed by atoms with E-state index in [0.717, 1.165) is 23.6 Å². The van der Waals surface area contributed by atoms with E-state index in [2.05, 4.69) is 40.6 Å². The van der Waals surface area contributed by atoms with E-state index in [4.69, 9.17) is 4.74 Å². The number of ether oxygens (including phenoxy) is 1. The predicted octanol–water partition coefficient (Wildman–Crippen LogP) is 3.68. The van der Waals surface area contributed by atoms with Gasteiger partial charge in [0.15, 0.2) is 0 Å². The van der Waals surface area contributed by atoms with Gasteiger partial charge in [0.1, 0.15) is 11.6 Å². The van der Waals surface area contributed by atoms with Crippen LogP contribution in [0.3, 0.4) is 0 Å². The van der Waals surface area contributed by atoms with Crippen LogP contribution < -0.4 is 9.64 Å². The molecule has 0 saturated carbocycles. The monoisotopic (exact) mass is 351 g/mol. The van der Waals surface area contributed by atoms with Crippen LogP contribution in [-0.2, 0) is 6.54 Å². The molecule has 1 amide bonds. The first-order chi connectivity index (χ1) is 12.5. The second kappa shape index (κ2) is 7.52. The lowest BCUT2D eigenvalue weighted by Crippen LogP contribution is -2.26. The molecule has 0 aliphatic heterocycles. The Morgan fingerprint density at radius 3 is 2.38 bits per heavy atom. The SMILES string of the molecule is CCN(C)C(=O)c1ccc2ccc(N(C)Cc3ccc(OC)cc3)n2c1. The molecule has 3 aromatic rings. The molecule has 0 saturated heterocycles. The van der Waals surface area contributed by atoms with Gasteiger partial charge in [-0.05, 0) is 48.9 Å². The van der Waals surface area contributed by atoms with E-state index < -0.39 is 0 Å². The number of hydrogen-bond donors (Lipinski definition) is 0. The third kappa shape index (κ3) is 3.52. The summed E-state index contributed by atoms with van der Waals surface area (Å²) in [6.07, 6.45) is 1.92. The van der Waals surface area contributed by atoms with Crippen molar-refractivity contribution in [2.24, 2.45) is 0 Å². The standard InChI is InChI=1S/C21H25N3O2/c1-5-22(2)21(25)17-8-9-18-10-13-20(24(18)15-17)23(3)14-16-6-11-19(26-4)12-7-16/h6-13,15H,5,14H2,1-4H3. The molecule has 26 heavy (non-hydrogen) atoms. The van der Waals surface area contributed by atoms with Crippen LogP contribution in [0.1, 0.15) is 22.8 Å². The van der Waals surface area contributed by atoms with Crippen molar-refractivity contribution in [3.8, 4) is 5.75 Å². The molecule has 0 spiro atoms. The van der Waals surface area contributed by atoms with Crippen LogP contribution in [0, 0.1) is 0 Å². The number of hydrogen-bond acceptors (Lipinski definition) is 3. The number of pyridine rings is 1. The van der Waals surface area contributed by atoms with E-state index in [1.165, 1.54) is 5.56 Å². The number of aromatic nitrogens is 1. The van der Waals surface area contributed by atoms with Crippen LogP contribution in [0.2, 0.25) is 0 Å². The van der Waals surface area contributed by atoms with Gasteiger partial charge in [-0.1, -0.05) is 12.1 Å². The number of anilines is 1. The number of rotatable bonds is 6. The van der Waals surface area contributed by atoms with Crippen molar-refractivity contribution in [1.29, 1.82) is 0 Å². The molecule has 0 aliphatic rings. The van der Waals surface area contributed by atoms with Crippen LogP contribution in [0.5, 0.6) is 5.75 Å². The summed E-state index contributed by atoms with van der Waals surface area (Å²) in [7, 11) is 5.54. The molecule has 3 rings (SSSR count). The van der Waals surface area contributed by atoms with E-state index >= 15 is 0 Å². The van der Waals surface area contributed by atoms with Gasteiger partial charge < -0.3 is 18.9 Å². The number of benzene rings is 1. The highest BCUT2D eigenvalue weighted by molar-refractivity contribution is 5.94. The topological polar surface area (TPSA) is 37.2 Å². The Hall–Kier alpha value is -2.95. The van der Waals surface area contributed by atoms with Crippen LogP contribution in [-0.4, -0.2) is 43.0 Å². The van der Waals surface area contributed by atoms with Gasteiger partial charge in [0.2, 0.25) is 0 Å². The minimum Gasteiger partial charge on any atom is -0.497 e. The van der Waals surface area contributed by atoms with Crippen LogP contribution in [0.25, 0.3) is 5.52 Å². The fourth-order valence-electron chi connectivity index (χ4n) is 2.97. The maximum absolute atomic E-state index is 12.5. The Bertz CT molecular complexity index is 899. The molecule has 136 valence electrons. The van der Waals surface area contributed by atoms with Crippen LogP contribution in [0.4, 0.5) is 5.82 Å². The molecule has 2 aromatic heterocycles. The minimum absolute atomic E-state index is 0.0341. The van der Waals surface area contributed by atoms with E-state index in [1.807, 2.05) is 44.4 Å². The maximum atomic E-state index is 12.5. The molecule has 5 nitrogen and oxygen atoms in total. The van der Waals surface area contributed by atoms with Crippen molar-refractivity contribution >= 4 is 17.2 Å². The summed E-state index contributed by atoms with van der Waals surface area (Å²) in [5.41, 5.74) is 2.95. The normalized spacial score (nSPS) is 10.8. The lowest BCUT2D eigenvalue weighted by molar-refractivity contribution is 0.0802. The van der Waals surface area contributed by atoms with E-state index in [0.29, 0.717) is 12.1 Å². The van der Waals surface area contributed by atoms with Gasteiger partial charge in [0.05, 0.1) is 12.7 Å². The molecule has 2 heterocycles. The third-order valence-electron chi connectivity index (χ3n) is 4.67. The number of methoxy groups -OCH3 is 1. The highest BCUT2D eigenvalue weighted by atomic mass is 16.5. The molecule has 0 unspecified atom stereocenters. The maximum Gasteiger partial charge on any atom is 0.255 e. The second-order valence-electron chi connectivity index (χ2n) is 6.43. The van der Waals surface area contributed by atoms with Crippen molar-refractivity contribution in [3.63, 3.8) is 0 Å². The first-order valence-electron chi connectivity index (χ1n) is 8.74. The van der Waals surface area contributed by atoms with Gasteiger partial charge in [-0.2, -0.15) is 0 Å². The van der Waals surface area contributed by atoms with Gasteiger partial charge in [-0.3, -0.25) is 4.79 Å². The largest absolute Gasteiger partial charge is 0.497 e. The predicted molar refractivity (Wildman–Crippen MR) is 105 cm³/mol. The summed E-state index contributed by atoms with van der Waals surface area (Å²) in [5, 5.41) is 0. The Balaban J connectivity index is 1.87. The first-order valence-corrected chi connectivity index (χ1v) is 8.74. The second-order valence-corrected chi connectivity index (χ2v) is 6.43. The molecule has 0 aliphatic carbocycles. The van der Waals surface area contributed by atoms with Crippen LogP contribution in [0.15, 0.2) is 54.7 Å². The Morgan fingerprint density at radius 2 is 1.73 bits per heavy atom.